The Bertz CT molecular complexity index is 2190. The topological polar surface area (TPSA) is 27.7 Å². The van der Waals surface area contributed by atoms with Gasteiger partial charge < -0.3 is 14.2 Å². The van der Waals surface area contributed by atoms with Crippen LogP contribution in [0.1, 0.15) is 95.2 Å². The summed E-state index contributed by atoms with van der Waals surface area (Å²) < 4.78 is 21.2. The van der Waals surface area contributed by atoms with E-state index >= 15 is 0 Å². The number of rotatable bonds is 19. The molecular weight excluding hydrogens is 753 g/mol. The minimum Gasteiger partial charge on any atom is -0.493 e. The van der Waals surface area contributed by atoms with Crippen molar-refractivity contribution in [1.82, 2.24) is 0 Å². The molecule has 0 aliphatic carbocycles. The van der Waals surface area contributed by atoms with Crippen molar-refractivity contribution in [3.8, 4) is 28.4 Å². The molecule has 1 heterocycles. The molecule has 0 atom stereocenters. The van der Waals surface area contributed by atoms with Crippen molar-refractivity contribution < 1.29 is 14.2 Å². The van der Waals surface area contributed by atoms with Crippen LogP contribution in [0.5, 0.6) is 17.2 Å². The fourth-order valence-corrected chi connectivity index (χ4v) is 30.2. The standard InChI is InChI=1S/C54H64O3Si2/c1-7-10-25-36-55-52-41(4)39-48-50(43(52)6)51-49(40-42(5)53(56-37-26-11-8-2)54(51)57-38-27-12-9-3)59(46-32-21-15-22-33-46,47-34-23-16-24-35-47)58(48,44-28-17-13-18-29-44)45-30-19-14-20-31-45/h13-24,28-35,39-40H,7-12,25-27,36-38H2,1-6H3. The minimum atomic E-state index is -3.19. The molecule has 5 heteroatoms. The number of fused-ring (bicyclic) bond motifs is 3. The van der Waals surface area contributed by atoms with Crippen molar-refractivity contribution in [3.63, 3.8) is 0 Å². The van der Waals surface area contributed by atoms with Gasteiger partial charge >= 0.3 is 0 Å². The van der Waals surface area contributed by atoms with Crippen LogP contribution in [0.3, 0.4) is 0 Å². The van der Waals surface area contributed by atoms with Gasteiger partial charge in [-0.2, -0.15) is 0 Å². The van der Waals surface area contributed by atoms with Crippen LogP contribution in [0, 0.1) is 20.8 Å². The van der Waals surface area contributed by atoms with Gasteiger partial charge in [0.05, 0.1) is 19.8 Å². The summed E-state index contributed by atoms with van der Waals surface area (Å²) in [5.41, 5.74) is 6.02. The molecule has 6 aromatic carbocycles. The first-order valence-corrected chi connectivity index (χ1v) is 27.4. The van der Waals surface area contributed by atoms with Crippen molar-refractivity contribution in [3.05, 3.63) is 150 Å². The van der Waals surface area contributed by atoms with Crippen LogP contribution in [0.15, 0.2) is 133 Å². The maximum atomic E-state index is 7.29. The fraction of sp³-hybridized carbons (Fsp3) is 0.333. The molecule has 59 heavy (non-hydrogen) atoms. The van der Waals surface area contributed by atoms with E-state index in [1.54, 1.807) is 0 Å². The lowest BCUT2D eigenvalue weighted by Crippen LogP contribution is -2.95. The van der Waals surface area contributed by atoms with Gasteiger partial charge in [-0.15, -0.1) is 0 Å². The molecule has 306 valence electrons. The Morgan fingerprint density at radius 3 is 1.07 bits per heavy atom. The van der Waals surface area contributed by atoms with Crippen molar-refractivity contribution in [2.45, 2.75) is 99.3 Å². The molecule has 0 unspecified atom stereocenters. The number of benzene rings is 6. The summed E-state index contributed by atoms with van der Waals surface area (Å²) in [5, 5.41) is 8.54. The lowest BCUT2D eigenvalue weighted by atomic mass is 9.94. The summed E-state index contributed by atoms with van der Waals surface area (Å²) in [6, 6.07) is 51.5. The Hall–Kier alpha value is -4.85. The first-order chi connectivity index (χ1) is 29.0. The third-order valence-corrected chi connectivity index (χ3v) is 29.3. The Balaban J connectivity index is 1.74. The molecule has 3 nitrogen and oxygen atoms in total. The van der Waals surface area contributed by atoms with Crippen molar-refractivity contribution in [2.75, 3.05) is 19.8 Å². The second-order valence-electron chi connectivity index (χ2n) is 16.5. The monoisotopic (exact) mass is 816 g/mol. The number of ether oxygens (including phenoxy) is 3. The van der Waals surface area contributed by atoms with Gasteiger partial charge in [0.25, 0.3) is 0 Å². The van der Waals surface area contributed by atoms with E-state index < -0.39 is 15.2 Å². The zero-order chi connectivity index (χ0) is 41.2. The molecule has 1 aliphatic heterocycles. The normalized spacial score (nSPS) is 13.7. The molecule has 0 fully saturated rings. The number of hydrogen-bond acceptors (Lipinski definition) is 3. The van der Waals surface area contributed by atoms with Crippen LogP contribution in [-0.2, 0) is 0 Å². The Labute approximate surface area is 356 Å². The van der Waals surface area contributed by atoms with Gasteiger partial charge in [0.1, 0.15) is 5.75 Å². The average molecular weight is 817 g/mol. The van der Waals surface area contributed by atoms with Gasteiger partial charge in [0.2, 0.25) is 0 Å². The molecule has 1 aliphatic rings. The maximum absolute atomic E-state index is 7.29. The first-order valence-electron chi connectivity index (χ1n) is 22.4. The average Bonchev–Trinajstić information content (AvgIpc) is 3.27. The van der Waals surface area contributed by atoms with Gasteiger partial charge in [-0.3, -0.25) is 0 Å². The van der Waals surface area contributed by atoms with Gasteiger partial charge in [-0.25, -0.2) is 0 Å². The number of hydrogen-bond donors (Lipinski definition) is 0. The predicted molar refractivity (Wildman–Crippen MR) is 256 cm³/mol. The highest BCUT2D eigenvalue weighted by Gasteiger charge is 2.66. The van der Waals surface area contributed by atoms with Gasteiger partial charge in [0.15, 0.2) is 26.7 Å². The summed E-state index contributed by atoms with van der Waals surface area (Å²) >= 11 is 0. The van der Waals surface area contributed by atoms with E-state index in [0.29, 0.717) is 19.8 Å². The maximum Gasteiger partial charge on any atom is 0.169 e. The SMILES string of the molecule is CCCCCOc1c(C)cc2c(c1C)-c1c(cc(C)c(OCCCCC)c1OCCCCC)[Si](c1ccccc1)(c1ccccc1)[Si]2(c1ccccc1)c1ccccc1. The summed E-state index contributed by atoms with van der Waals surface area (Å²) in [6.45, 7) is 15.6. The van der Waals surface area contributed by atoms with Gasteiger partial charge in [-0.05, 0) is 72.7 Å². The zero-order valence-electron chi connectivity index (χ0n) is 36.4. The summed E-state index contributed by atoms with van der Waals surface area (Å²) in [7, 11) is -6.34. The summed E-state index contributed by atoms with van der Waals surface area (Å²) in [4.78, 5) is 0. The molecule has 7 rings (SSSR count). The van der Waals surface area contributed by atoms with Crippen LogP contribution in [-0.4, -0.2) is 35.0 Å². The van der Waals surface area contributed by atoms with Gasteiger partial charge in [0, 0.05) is 5.56 Å². The first kappa shape index (κ1) is 42.3. The highest BCUT2D eigenvalue weighted by atomic mass is 29.3. The van der Waals surface area contributed by atoms with Gasteiger partial charge in [-0.1, -0.05) is 214 Å². The van der Waals surface area contributed by atoms with Crippen LogP contribution in [0.2, 0.25) is 0 Å². The van der Waals surface area contributed by atoms with Crippen LogP contribution >= 0.6 is 0 Å². The third kappa shape index (κ3) is 7.73. The largest absolute Gasteiger partial charge is 0.493 e. The van der Waals surface area contributed by atoms with Crippen LogP contribution in [0.25, 0.3) is 11.1 Å². The van der Waals surface area contributed by atoms with E-state index in [1.807, 2.05) is 0 Å². The van der Waals surface area contributed by atoms with E-state index in [2.05, 4.69) is 175 Å². The number of unbranched alkanes of at least 4 members (excludes halogenated alkanes) is 6. The molecule has 0 spiro atoms. The van der Waals surface area contributed by atoms with Crippen LogP contribution < -0.4 is 45.3 Å². The Morgan fingerprint density at radius 2 is 0.695 bits per heavy atom. The highest BCUT2D eigenvalue weighted by Crippen LogP contribution is 2.47. The zero-order valence-corrected chi connectivity index (χ0v) is 38.4. The second-order valence-corrected chi connectivity index (χ2v) is 27.4. The van der Waals surface area contributed by atoms with E-state index in [4.69, 9.17) is 14.2 Å². The smallest absolute Gasteiger partial charge is 0.169 e. The molecule has 0 saturated heterocycles. The van der Waals surface area contributed by atoms with E-state index in [1.165, 1.54) is 53.4 Å². The quantitative estimate of drug-likeness (QED) is 0.0602. The predicted octanol–water partition coefficient (Wildman–Crippen LogP) is 10.0. The highest BCUT2D eigenvalue weighted by molar-refractivity contribution is 7.68. The molecule has 0 bridgehead atoms. The fourth-order valence-electron chi connectivity index (χ4n) is 9.99. The second kappa shape index (κ2) is 19.5. The summed E-state index contributed by atoms with van der Waals surface area (Å²) in [6.07, 6.45) is 9.89. The van der Waals surface area contributed by atoms with E-state index in [-0.39, 0.29) is 0 Å². The van der Waals surface area contributed by atoms with Crippen molar-refractivity contribution >= 4 is 46.3 Å². The molecule has 0 radical (unpaired) electrons. The Kier molecular flexibility index (Phi) is 14.0. The number of aryl methyl sites for hydroxylation is 2. The van der Waals surface area contributed by atoms with Crippen LogP contribution in [0.4, 0.5) is 0 Å². The molecular formula is C54H64O3Si2. The molecule has 0 N–H and O–H groups in total. The van der Waals surface area contributed by atoms with Crippen molar-refractivity contribution in [1.29, 1.82) is 0 Å². The molecule has 0 saturated carbocycles. The van der Waals surface area contributed by atoms with Crippen molar-refractivity contribution in [2.24, 2.45) is 0 Å². The lowest BCUT2D eigenvalue weighted by Gasteiger charge is -2.54. The molecule has 6 aromatic rings. The molecule has 0 amide bonds. The Morgan fingerprint density at radius 1 is 0.373 bits per heavy atom. The van der Waals surface area contributed by atoms with E-state index in [0.717, 1.165) is 80.6 Å². The lowest BCUT2D eigenvalue weighted by molar-refractivity contribution is 0.259. The van der Waals surface area contributed by atoms with E-state index in [9.17, 15) is 0 Å². The minimum absolute atomic E-state index is 0.640. The molecule has 0 aromatic heterocycles. The third-order valence-electron chi connectivity index (χ3n) is 12.6. The summed E-state index contributed by atoms with van der Waals surface area (Å²) in [5.74, 6) is 2.81.